The number of nitrogens with one attached hydrogen (secondary N) is 1. The van der Waals surface area contributed by atoms with Gasteiger partial charge in [0.15, 0.2) is 11.8 Å². The number of fused-ring (bicyclic) bond motifs is 1. The van der Waals surface area contributed by atoms with Crippen molar-refractivity contribution in [2.75, 3.05) is 17.6 Å². The number of nitrogen functional groups attached to an aromatic ring is 1. The van der Waals surface area contributed by atoms with Crippen LogP contribution in [0.5, 0.6) is 0 Å². The van der Waals surface area contributed by atoms with Crippen molar-refractivity contribution in [2.24, 2.45) is 0 Å². The number of anilines is 3. The van der Waals surface area contributed by atoms with E-state index in [2.05, 4.69) is 28.4 Å². The minimum absolute atomic E-state index is 0.0513. The lowest BCUT2D eigenvalue weighted by Gasteiger charge is -2.34. The highest BCUT2D eigenvalue weighted by Crippen LogP contribution is 2.35. The van der Waals surface area contributed by atoms with Crippen molar-refractivity contribution in [1.82, 2.24) is 24.6 Å². The maximum Gasteiger partial charge on any atom is 0.179 e. The number of hydrogen-bond acceptors (Lipinski definition) is 7. The first-order valence-electron chi connectivity index (χ1n) is 10.7. The average Bonchev–Trinajstić information content (AvgIpc) is 3.22. The molecule has 3 heterocycles. The summed E-state index contributed by atoms with van der Waals surface area (Å²) in [7, 11) is 0. The lowest BCUT2D eigenvalue weighted by Crippen LogP contribution is -2.39. The largest absolute Gasteiger partial charge is 0.383 e. The predicted molar refractivity (Wildman–Crippen MR) is 125 cm³/mol. The molecular formula is C24H24N8. The number of aromatic nitrogens is 4. The van der Waals surface area contributed by atoms with Gasteiger partial charge in [-0.1, -0.05) is 30.3 Å². The highest BCUT2D eigenvalue weighted by atomic mass is 15.4. The van der Waals surface area contributed by atoms with Crippen molar-refractivity contribution in [2.45, 2.75) is 31.8 Å². The van der Waals surface area contributed by atoms with Gasteiger partial charge in [0.05, 0.1) is 18.0 Å². The van der Waals surface area contributed by atoms with Gasteiger partial charge in [0.25, 0.3) is 0 Å². The molecule has 32 heavy (non-hydrogen) atoms. The quantitative estimate of drug-likeness (QED) is 0.469. The highest BCUT2D eigenvalue weighted by molar-refractivity contribution is 5.98. The summed E-state index contributed by atoms with van der Waals surface area (Å²) < 4.78 is 1.93. The number of benzene rings is 2. The van der Waals surface area contributed by atoms with Crippen LogP contribution in [0.4, 0.5) is 17.2 Å². The molecule has 0 saturated carbocycles. The van der Waals surface area contributed by atoms with Gasteiger partial charge in [-0.3, -0.25) is 0 Å². The van der Waals surface area contributed by atoms with E-state index >= 15 is 0 Å². The van der Waals surface area contributed by atoms with Crippen LogP contribution in [0.3, 0.4) is 0 Å². The average molecular weight is 425 g/mol. The Labute approximate surface area is 186 Å². The third-order valence-electron chi connectivity index (χ3n) is 6.07. The number of nitrogens with zero attached hydrogens (tertiary/aromatic N) is 6. The first kappa shape index (κ1) is 19.8. The third kappa shape index (κ3) is 3.58. The third-order valence-corrected chi connectivity index (χ3v) is 6.07. The van der Waals surface area contributed by atoms with Crippen molar-refractivity contribution in [3.63, 3.8) is 0 Å². The van der Waals surface area contributed by atoms with Gasteiger partial charge in [0.2, 0.25) is 0 Å². The number of rotatable bonds is 4. The van der Waals surface area contributed by atoms with Crippen LogP contribution in [0.2, 0.25) is 0 Å². The van der Waals surface area contributed by atoms with E-state index in [0.29, 0.717) is 18.0 Å². The van der Waals surface area contributed by atoms with Crippen molar-refractivity contribution in [1.29, 1.82) is 5.26 Å². The maximum atomic E-state index is 9.49. The second-order valence-electron chi connectivity index (χ2n) is 8.15. The van der Waals surface area contributed by atoms with Crippen molar-refractivity contribution in [3.8, 4) is 17.5 Å². The molecule has 160 valence electrons. The van der Waals surface area contributed by atoms with Gasteiger partial charge < -0.3 is 16.0 Å². The molecule has 0 bridgehead atoms. The van der Waals surface area contributed by atoms with Gasteiger partial charge in [-0.2, -0.15) is 10.4 Å². The Kier molecular flexibility index (Phi) is 5.07. The van der Waals surface area contributed by atoms with E-state index in [1.165, 1.54) is 6.33 Å². The Morgan fingerprint density at radius 1 is 1.03 bits per heavy atom. The van der Waals surface area contributed by atoms with Crippen LogP contribution in [-0.4, -0.2) is 37.2 Å². The molecular weight excluding hydrogens is 400 g/mol. The lowest BCUT2D eigenvalue weighted by atomic mass is 10.0. The Morgan fingerprint density at radius 2 is 1.78 bits per heavy atom. The molecule has 8 heteroatoms. The molecule has 1 aliphatic rings. The number of nitriles is 1. The second-order valence-corrected chi connectivity index (χ2v) is 8.15. The molecule has 3 N–H and O–H groups in total. The Hall–Kier alpha value is -4.12. The molecule has 2 unspecified atom stereocenters. The van der Waals surface area contributed by atoms with E-state index in [1.807, 2.05) is 64.2 Å². The summed E-state index contributed by atoms with van der Waals surface area (Å²) >= 11 is 0. The number of para-hydroxylation sites is 1. The molecule has 1 saturated heterocycles. The predicted octanol–water partition coefficient (Wildman–Crippen LogP) is 4.33. The monoisotopic (exact) mass is 424 g/mol. The molecule has 0 radical (unpaired) electrons. The fourth-order valence-corrected chi connectivity index (χ4v) is 4.28. The zero-order valence-corrected chi connectivity index (χ0v) is 17.8. The summed E-state index contributed by atoms with van der Waals surface area (Å²) in [6, 6.07) is 18.4. The molecule has 1 aliphatic heterocycles. The van der Waals surface area contributed by atoms with Crippen LogP contribution in [0.15, 0.2) is 60.9 Å². The number of piperidine rings is 1. The lowest BCUT2D eigenvalue weighted by molar-refractivity contribution is 0.179. The second kappa shape index (κ2) is 8.19. The van der Waals surface area contributed by atoms with Crippen LogP contribution < -0.4 is 11.1 Å². The Bertz CT molecular complexity index is 1270. The van der Waals surface area contributed by atoms with E-state index in [1.54, 1.807) is 0 Å². The molecule has 4 aromatic rings. The first-order chi connectivity index (χ1) is 15.6. The molecule has 0 spiro atoms. The van der Waals surface area contributed by atoms with E-state index < -0.39 is 0 Å². The van der Waals surface area contributed by atoms with Crippen molar-refractivity contribution >= 4 is 28.2 Å². The van der Waals surface area contributed by atoms with Gasteiger partial charge in [-0.15, -0.1) is 0 Å². The molecule has 0 amide bonds. The fraction of sp³-hybridized carbons (Fsp3) is 0.250. The summed E-state index contributed by atoms with van der Waals surface area (Å²) in [5, 5.41) is 18.6. The van der Waals surface area contributed by atoms with Gasteiger partial charge in [0.1, 0.15) is 17.8 Å². The maximum absolute atomic E-state index is 9.49. The van der Waals surface area contributed by atoms with Crippen LogP contribution in [0.25, 0.3) is 22.3 Å². The Morgan fingerprint density at radius 3 is 2.53 bits per heavy atom. The van der Waals surface area contributed by atoms with Crippen LogP contribution >= 0.6 is 0 Å². The van der Waals surface area contributed by atoms with Gasteiger partial charge >= 0.3 is 0 Å². The van der Waals surface area contributed by atoms with E-state index in [4.69, 9.17) is 10.8 Å². The summed E-state index contributed by atoms with van der Waals surface area (Å²) in [4.78, 5) is 10.5. The minimum Gasteiger partial charge on any atom is -0.383 e. The van der Waals surface area contributed by atoms with Gasteiger partial charge in [-0.05, 0) is 44.0 Å². The van der Waals surface area contributed by atoms with Crippen molar-refractivity contribution in [3.05, 3.63) is 60.9 Å². The molecule has 1 fully saturated rings. The minimum atomic E-state index is 0.0513. The zero-order chi connectivity index (χ0) is 22.1. The number of likely N-dealkylation sites (tertiary alicyclic amines) is 1. The van der Waals surface area contributed by atoms with Crippen molar-refractivity contribution < 1.29 is 0 Å². The fourth-order valence-electron chi connectivity index (χ4n) is 4.28. The summed E-state index contributed by atoms with van der Waals surface area (Å²) in [5.41, 5.74) is 10.7. The molecule has 5 rings (SSSR count). The van der Waals surface area contributed by atoms with Crippen LogP contribution in [0, 0.1) is 11.5 Å². The molecule has 0 aliphatic carbocycles. The van der Waals surface area contributed by atoms with Gasteiger partial charge in [0, 0.05) is 23.0 Å². The van der Waals surface area contributed by atoms with E-state index in [9.17, 15) is 5.26 Å². The highest BCUT2D eigenvalue weighted by Gasteiger charge is 2.29. The molecule has 2 aromatic heterocycles. The first-order valence-corrected chi connectivity index (χ1v) is 10.7. The van der Waals surface area contributed by atoms with Crippen LogP contribution in [-0.2, 0) is 0 Å². The van der Waals surface area contributed by atoms with Gasteiger partial charge in [-0.25, -0.2) is 14.6 Å². The smallest absolute Gasteiger partial charge is 0.179 e. The zero-order valence-electron chi connectivity index (χ0n) is 17.8. The Balaban J connectivity index is 1.51. The number of hydrogen-bond donors (Lipinski definition) is 2. The summed E-state index contributed by atoms with van der Waals surface area (Å²) in [6.07, 6.45) is 5.63. The standard InChI is InChI=1S/C24H24N8/c1-16-7-12-20(13-31(16)14-25)32-24-21(23(26)27-15-28-24)22(30-32)17-8-10-19(11-9-17)29-18-5-3-2-4-6-18/h2-6,8-11,15-16,20,29H,7,12-13H2,1H3,(H2,26,27,28). The molecule has 8 nitrogen and oxygen atoms in total. The topological polar surface area (TPSA) is 109 Å². The normalized spacial score (nSPS) is 18.4. The molecule has 2 atom stereocenters. The van der Waals surface area contributed by atoms with Crippen LogP contribution in [0.1, 0.15) is 25.8 Å². The summed E-state index contributed by atoms with van der Waals surface area (Å²) in [6.45, 7) is 2.69. The van der Waals surface area contributed by atoms with E-state index in [-0.39, 0.29) is 12.1 Å². The number of nitrogens with two attached hydrogens (primary N) is 1. The molecule has 2 aromatic carbocycles. The van der Waals surface area contributed by atoms with E-state index in [0.717, 1.165) is 40.9 Å². The summed E-state index contributed by atoms with van der Waals surface area (Å²) in [5.74, 6) is 0.407. The SMILES string of the molecule is CC1CCC(n2nc(-c3ccc(Nc4ccccc4)cc3)c3c(N)ncnc32)CN1C#N.